The Morgan fingerprint density at radius 1 is 1.53 bits per heavy atom. The van der Waals surface area contributed by atoms with Gasteiger partial charge in [-0.1, -0.05) is 11.6 Å². The standard InChI is InChI=1S/C10H12Cl2N4O/c11-7-5-8(16-10(12)14-7)15-9(17)4-6-2-1-3-13-6/h5-6,13H,1-4H2,(H,14,15,16,17). The molecule has 92 valence electrons. The molecule has 0 radical (unpaired) electrons. The summed E-state index contributed by atoms with van der Waals surface area (Å²) in [5.74, 6) is 0.230. The monoisotopic (exact) mass is 274 g/mol. The van der Waals surface area contributed by atoms with Crippen LogP contribution < -0.4 is 10.6 Å². The van der Waals surface area contributed by atoms with Crippen LogP contribution >= 0.6 is 23.2 Å². The van der Waals surface area contributed by atoms with Crippen molar-refractivity contribution in [1.29, 1.82) is 0 Å². The van der Waals surface area contributed by atoms with E-state index in [1.54, 1.807) is 0 Å². The number of carbonyl (C=O) groups is 1. The summed E-state index contributed by atoms with van der Waals surface area (Å²) < 4.78 is 0. The molecule has 0 aliphatic carbocycles. The van der Waals surface area contributed by atoms with Gasteiger partial charge in [-0.3, -0.25) is 4.79 Å². The van der Waals surface area contributed by atoms with E-state index in [4.69, 9.17) is 23.2 Å². The second kappa shape index (κ2) is 5.62. The van der Waals surface area contributed by atoms with E-state index >= 15 is 0 Å². The number of hydrogen-bond donors (Lipinski definition) is 2. The van der Waals surface area contributed by atoms with Gasteiger partial charge in [0, 0.05) is 18.5 Å². The minimum Gasteiger partial charge on any atom is -0.313 e. The second-order valence-electron chi connectivity index (χ2n) is 3.89. The van der Waals surface area contributed by atoms with Crippen LogP contribution in [0.4, 0.5) is 5.82 Å². The van der Waals surface area contributed by atoms with Crippen molar-refractivity contribution in [1.82, 2.24) is 15.3 Å². The van der Waals surface area contributed by atoms with Gasteiger partial charge in [-0.2, -0.15) is 0 Å². The minimum atomic E-state index is -0.102. The highest BCUT2D eigenvalue weighted by atomic mass is 35.5. The highest BCUT2D eigenvalue weighted by Gasteiger charge is 2.18. The lowest BCUT2D eigenvalue weighted by Crippen LogP contribution is -2.27. The molecule has 0 saturated carbocycles. The Balaban J connectivity index is 1.92. The van der Waals surface area contributed by atoms with E-state index in [0.29, 0.717) is 12.2 Å². The van der Waals surface area contributed by atoms with Crippen LogP contribution in [0.15, 0.2) is 6.07 Å². The summed E-state index contributed by atoms with van der Waals surface area (Å²) in [4.78, 5) is 19.3. The lowest BCUT2D eigenvalue weighted by molar-refractivity contribution is -0.116. The van der Waals surface area contributed by atoms with E-state index < -0.39 is 0 Å². The molecule has 1 unspecified atom stereocenters. The van der Waals surface area contributed by atoms with Crippen molar-refractivity contribution in [2.24, 2.45) is 0 Å². The largest absolute Gasteiger partial charge is 0.313 e. The molecule has 17 heavy (non-hydrogen) atoms. The molecule has 7 heteroatoms. The van der Waals surface area contributed by atoms with Crippen molar-refractivity contribution in [2.45, 2.75) is 25.3 Å². The molecule has 0 spiro atoms. The zero-order valence-corrected chi connectivity index (χ0v) is 10.6. The number of hydrogen-bond acceptors (Lipinski definition) is 4. The van der Waals surface area contributed by atoms with Crippen molar-refractivity contribution in [3.8, 4) is 0 Å². The number of nitrogens with zero attached hydrogens (tertiary/aromatic N) is 2. The van der Waals surface area contributed by atoms with Gasteiger partial charge in [-0.05, 0) is 31.0 Å². The van der Waals surface area contributed by atoms with E-state index in [1.807, 2.05) is 0 Å². The maximum atomic E-state index is 11.7. The van der Waals surface area contributed by atoms with E-state index in [-0.39, 0.29) is 22.4 Å². The summed E-state index contributed by atoms with van der Waals surface area (Å²) in [5, 5.41) is 6.13. The van der Waals surface area contributed by atoms with Crippen LogP contribution in [0.5, 0.6) is 0 Å². The van der Waals surface area contributed by atoms with E-state index in [9.17, 15) is 4.79 Å². The molecule has 1 aliphatic heterocycles. The van der Waals surface area contributed by atoms with Crippen LogP contribution in [0, 0.1) is 0 Å². The fourth-order valence-corrected chi connectivity index (χ4v) is 2.21. The SMILES string of the molecule is O=C(CC1CCCN1)Nc1cc(Cl)nc(Cl)n1. The minimum absolute atomic E-state index is 0.0202. The fraction of sp³-hybridized carbons (Fsp3) is 0.500. The first kappa shape index (κ1) is 12.5. The molecule has 0 bridgehead atoms. The number of carbonyl (C=O) groups excluding carboxylic acids is 1. The third-order valence-electron chi connectivity index (χ3n) is 2.53. The number of halogens is 2. The average Bonchev–Trinajstić information content (AvgIpc) is 2.67. The molecule has 1 aromatic rings. The van der Waals surface area contributed by atoms with Crippen molar-refractivity contribution in [2.75, 3.05) is 11.9 Å². The topological polar surface area (TPSA) is 66.9 Å². The van der Waals surface area contributed by atoms with Crippen molar-refractivity contribution >= 4 is 34.9 Å². The van der Waals surface area contributed by atoms with Crippen molar-refractivity contribution < 1.29 is 4.79 Å². The van der Waals surface area contributed by atoms with Gasteiger partial charge < -0.3 is 10.6 Å². The van der Waals surface area contributed by atoms with Crippen LogP contribution in [-0.2, 0) is 4.79 Å². The Morgan fingerprint density at radius 2 is 2.35 bits per heavy atom. The summed E-state index contributed by atoms with van der Waals surface area (Å²) in [6.07, 6.45) is 2.57. The smallest absolute Gasteiger partial charge is 0.227 e. The van der Waals surface area contributed by atoms with Gasteiger partial charge in [0.1, 0.15) is 11.0 Å². The molecule has 1 fully saturated rings. The molecule has 2 heterocycles. The van der Waals surface area contributed by atoms with Gasteiger partial charge >= 0.3 is 0 Å². The number of rotatable bonds is 3. The lowest BCUT2D eigenvalue weighted by Gasteiger charge is -2.09. The maximum absolute atomic E-state index is 11.7. The molecule has 1 amide bonds. The average molecular weight is 275 g/mol. The van der Waals surface area contributed by atoms with Crippen molar-refractivity contribution in [3.05, 3.63) is 16.5 Å². The zero-order chi connectivity index (χ0) is 12.3. The van der Waals surface area contributed by atoms with E-state index in [2.05, 4.69) is 20.6 Å². The van der Waals surface area contributed by atoms with Gasteiger partial charge in [0.15, 0.2) is 0 Å². The second-order valence-corrected chi connectivity index (χ2v) is 4.62. The Morgan fingerprint density at radius 3 is 3.00 bits per heavy atom. The summed E-state index contributed by atoms with van der Waals surface area (Å²) in [6, 6.07) is 1.72. The number of amides is 1. The predicted octanol–water partition coefficient (Wildman–Crippen LogP) is 1.86. The normalized spacial score (nSPS) is 19.3. The summed E-state index contributed by atoms with van der Waals surface area (Å²) in [6.45, 7) is 0.975. The first-order valence-electron chi connectivity index (χ1n) is 5.37. The summed E-state index contributed by atoms with van der Waals surface area (Å²) in [5.41, 5.74) is 0. The fourth-order valence-electron chi connectivity index (χ4n) is 1.80. The zero-order valence-electron chi connectivity index (χ0n) is 9.04. The van der Waals surface area contributed by atoms with Gasteiger partial charge in [-0.25, -0.2) is 9.97 Å². The number of aromatic nitrogens is 2. The quantitative estimate of drug-likeness (QED) is 0.652. The highest BCUT2D eigenvalue weighted by Crippen LogP contribution is 2.15. The first-order valence-corrected chi connectivity index (χ1v) is 6.12. The molecule has 1 atom stereocenters. The molecule has 1 aliphatic rings. The van der Waals surface area contributed by atoms with Crippen LogP contribution in [0.2, 0.25) is 10.4 Å². The number of nitrogens with one attached hydrogen (secondary N) is 2. The van der Waals surface area contributed by atoms with Crippen LogP contribution in [0.25, 0.3) is 0 Å². The first-order chi connectivity index (χ1) is 8.13. The van der Waals surface area contributed by atoms with Crippen LogP contribution in [0.3, 0.4) is 0 Å². The maximum Gasteiger partial charge on any atom is 0.227 e. The lowest BCUT2D eigenvalue weighted by atomic mass is 10.1. The highest BCUT2D eigenvalue weighted by molar-refractivity contribution is 6.32. The third kappa shape index (κ3) is 3.80. The predicted molar refractivity (Wildman–Crippen MR) is 66.3 cm³/mol. The van der Waals surface area contributed by atoms with Gasteiger partial charge in [0.25, 0.3) is 0 Å². The van der Waals surface area contributed by atoms with Gasteiger partial charge in [0.05, 0.1) is 0 Å². The van der Waals surface area contributed by atoms with E-state index in [1.165, 1.54) is 6.07 Å². The molecular weight excluding hydrogens is 263 g/mol. The molecule has 2 N–H and O–H groups in total. The molecular formula is C10H12Cl2N4O. The van der Waals surface area contributed by atoms with Crippen LogP contribution in [-0.4, -0.2) is 28.5 Å². The molecule has 0 aromatic carbocycles. The van der Waals surface area contributed by atoms with E-state index in [0.717, 1.165) is 19.4 Å². The van der Waals surface area contributed by atoms with Crippen LogP contribution in [0.1, 0.15) is 19.3 Å². The Kier molecular flexibility index (Phi) is 4.15. The summed E-state index contributed by atoms with van der Waals surface area (Å²) >= 11 is 11.3. The Hall–Kier alpha value is -0.910. The summed E-state index contributed by atoms with van der Waals surface area (Å²) in [7, 11) is 0. The van der Waals surface area contributed by atoms with Crippen molar-refractivity contribution in [3.63, 3.8) is 0 Å². The van der Waals surface area contributed by atoms with Gasteiger partial charge in [0.2, 0.25) is 11.2 Å². The molecule has 5 nitrogen and oxygen atoms in total. The number of anilines is 1. The molecule has 2 rings (SSSR count). The third-order valence-corrected chi connectivity index (χ3v) is 2.89. The molecule has 1 aromatic heterocycles. The molecule has 1 saturated heterocycles. The van der Waals surface area contributed by atoms with Gasteiger partial charge in [-0.15, -0.1) is 0 Å². The Bertz CT molecular complexity index is 401. The Labute approximate surface area is 109 Å².